The Balaban J connectivity index is -0.00000144. The molecule has 0 radical (unpaired) electrons. The van der Waals surface area contributed by atoms with Crippen LogP contribution < -0.4 is 21.3 Å². The summed E-state index contributed by atoms with van der Waals surface area (Å²) in [6, 6.07) is 8.57. The van der Waals surface area contributed by atoms with Gasteiger partial charge in [0.1, 0.15) is 0 Å². The molecule has 12 nitrogen and oxygen atoms in total. The third kappa shape index (κ3) is 22.2. The maximum Gasteiger partial charge on any atom is 0.0967 e. The number of hydrogen-bond donors (Lipinski definition) is 4. The zero-order chi connectivity index (χ0) is 30.1. The Bertz CT molecular complexity index is 1110. The number of hydrogen-bond acceptors (Lipinski definition) is 10. The van der Waals surface area contributed by atoms with Gasteiger partial charge in [0.2, 0.25) is 0 Å². The molecule has 2 aliphatic rings. The van der Waals surface area contributed by atoms with Crippen molar-refractivity contribution in [2.45, 2.75) is 64.7 Å². The molecule has 0 unspecified atom stereocenters. The molecule has 4 heterocycles. The Hall–Kier alpha value is -0.420. The van der Waals surface area contributed by atoms with Crippen LogP contribution in [-0.2, 0) is 26.2 Å². The first-order chi connectivity index (χ1) is 21.8. The minimum atomic E-state index is 0. The molecule has 0 amide bonds. The maximum atomic E-state index is 4.54. The van der Waals surface area contributed by atoms with E-state index in [0.717, 1.165) is 129 Å². The molecule has 0 aliphatic carbocycles. The molecule has 2 aliphatic heterocycles. The smallest absolute Gasteiger partial charge is 0.0967 e. The molecule has 2 fully saturated rings. The van der Waals surface area contributed by atoms with Crippen molar-refractivity contribution in [3.05, 3.63) is 59.2 Å². The van der Waals surface area contributed by atoms with Gasteiger partial charge in [0.15, 0.2) is 0 Å². The molecule has 3 aromatic rings. The summed E-state index contributed by atoms with van der Waals surface area (Å²) in [4.78, 5) is 5.03. The number of rotatable bonds is 8. The average Bonchev–Trinajstić information content (AvgIpc) is 3.65. The molecule has 306 valence electrons. The highest BCUT2D eigenvalue weighted by atomic mass is 35.5. The fourth-order valence-electron chi connectivity index (χ4n) is 6.08. The first kappa shape index (κ1) is 58.3. The molecular formula is C32H62Cl8N12. The average molecular weight is 899 g/mol. The number of halogens is 8. The van der Waals surface area contributed by atoms with Gasteiger partial charge in [0, 0.05) is 13.1 Å². The Morgan fingerprint density at radius 1 is 0.423 bits per heavy atom. The van der Waals surface area contributed by atoms with Crippen LogP contribution in [-0.4, -0.2) is 118 Å². The fraction of sp³-hybridized carbons (Fsp3) is 0.688. The van der Waals surface area contributed by atoms with E-state index in [2.05, 4.69) is 88.4 Å². The summed E-state index contributed by atoms with van der Waals surface area (Å²) in [7, 11) is 0. The summed E-state index contributed by atoms with van der Waals surface area (Å²) in [5.41, 5.74) is 4.52. The van der Waals surface area contributed by atoms with Crippen molar-refractivity contribution >= 4 is 99.3 Å². The van der Waals surface area contributed by atoms with E-state index in [4.69, 9.17) is 0 Å². The van der Waals surface area contributed by atoms with E-state index in [-0.39, 0.29) is 99.3 Å². The third-order valence-corrected chi connectivity index (χ3v) is 8.45. The van der Waals surface area contributed by atoms with Gasteiger partial charge >= 0.3 is 0 Å². The van der Waals surface area contributed by atoms with E-state index >= 15 is 0 Å². The summed E-state index contributed by atoms with van der Waals surface area (Å²) >= 11 is 0. The van der Waals surface area contributed by atoms with Crippen molar-refractivity contribution in [3.63, 3.8) is 0 Å². The lowest BCUT2D eigenvalue weighted by molar-refractivity contribution is 0.252. The largest absolute Gasteiger partial charge is 0.317 e. The zero-order valence-corrected chi connectivity index (χ0v) is 36.4. The van der Waals surface area contributed by atoms with Crippen molar-refractivity contribution in [3.8, 4) is 0 Å². The van der Waals surface area contributed by atoms with Crippen molar-refractivity contribution < 1.29 is 0 Å². The molecule has 2 saturated heterocycles. The highest BCUT2D eigenvalue weighted by Gasteiger charge is 2.13. The highest BCUT2D eigenvalue weighted by molar-refractivity contribution is 5.86. The summed E-state index contributed by atoms with van der Waals surface area (Å²) in [5, 5.41) is 32.3. The van der Waals surface area contributed by atoms with E-state index in [0.29, 0.717) is 13.1 Å². The number of nitrogens with zero attached hydrogens (tertiary/aromatic N) is 8. The van der Waals surface area contributed by atoms with Gasteiger partial charge in [-0.05, 0) is 128 Å². The lowest BCUT2D eigenvalue weighted by atomic mass is 10.1. The Morgan fingerprint density at radius 2 is 0.731 bits per heavy atom. The van der Waals surface area contributed by atoms with Crippen molar-refractivity contribution in [2.24, 2.45) is 0 Å². The minimum Gasteiger partial charge on any atom is -0.317 e. The first-order valence-corrected chi connectivity index (χ1v) is 16.9. The second kappa shape index (κ2) is 35.0. The highest BCUT2D eigenvalue weighted by Crippen LogP contribution is 2.14. The third-order valence-electron chi connectivity index (χ3n) is 8.45. The summed E-state index contributed by atoms with van der Waals surface area (Å²) in [6.45, 7) is 16.0. The Labute approximate surface area is 360 Å². The lowest BCUT2D eigenvalue weighted by Crippen LogP contribution is -2.32. The lowest BCUT2D eigenvalue weighted by Gasteiger charge is -2.22. The standard InChI is InChI=1S/C32H54N12.8ClH/c1-2-10-30(24-44-28-32(38-40-44)26-42-21-7-17-35-13-4-14-36-18-8-22-42)29(9-1)23-43-27-31(37-39-43)25-41-19-5-15-33-11-3-12-34-16-6-20-41;;;;;;;;/h1-2,9-10,27-28,33-36H,3-8,11-26H2;8*1H. The molecule has 52 heavy (non-hydrogen) atoms. The monoisotopic (exact) mass is 894 g/mol. The van der Waals surface area contributed by atoms with Gasteiger partial charge in [-0.2, -0.15) is 0 Å². The molecule has 20 heteroatoms. The maximum absolute atomic E-state index is 4.54. The van der Waals surface area contributed by atoms with E-state index in [9.17, 15) is 0 Å². The molecule has 5 rings (SSSR count). The predicted octanol–water partition coefficient (Wildman–Crippen LogP) is 4.67. The quantitative estimate of drug-likeness (QED) is 0.255. The molecule has 1 aromatic carbocycles. The number of nitrogens with one attached hydrogen (secondary N) is 4. The second-order valence-electron chi connectivity index (χ2n) is 12.3. The molecule has 0 atom stereocenters. The van der Waals surface area contributed by atoms with Crippen LogP contribution in [0.2, 0.25) is 0 Å². The topological polar surface area (TPSA) is 116 Å². The normalized spacial score (nSPS) is 16.8. The molecule has 4 N–H and O–H groups in total. The van der Waals surface area contributed by atoms with Crippen LogP contribution >= 0.6 is 99.3 Å². The van der Waals surface area contributed by atoms with E-state index < -0.39 is 0 Å². The predicted molar refractivity (Wildman–Crippen MR) is 232 cm³/mol. The van der Waals surface area contributed by atoms with Gasteiger partial charge in [-0.15, -0.1) is 109 Å². The molecule has 0 bridgehead atoms. The molecule has 0 saturated carbocycles. The Kier molecular flexibility index (Phi) is 39.3. The summed E-state index contributed by atoms with van der Waals surface area (Å²) in [5.74, 6) is 0. The SMILES string of the molecule is Cl.Cl.Cl.Cl.Cl.Cl.Cl.Cl.c1ccc(Cn2cc(CN3CCCNCCCNCCC3)nn2)c(Cn2cc(CN3CCCNCCCNCCC3)nn2)c1. The van der Waals surface area contributed by atoms with Gasteiger partial charge in [0.25, 0.3) is 0 Å². The second-order valence-corrected chi connectivity index (χ2v) is 12.3. The fourth-order valence-corrected chi connectivity index (χ4v) is 6.08. The minimum absolute atomic E-state index is 0. The zero-order valence-electron chi connectivity index (χ0n) is 29.9. The Morgan fingerprint density at radius 3 is 1.06 bits per heavy atom. The van der Waals surface area contributed by atoms with Crippen LogP contribution in [0.3, 0.4) is 0 Å². The number of aromatic nitrogens is 6. The molecule has 2 aromatic heterocycles. The van der Waals surface area contributed by atoms with E-state index in [1.54, 1.807) is 0 Å². The van der Waals surface area contributed by atoms with Crippen LogP contribution in [0.25, 0.3) is 0 Å². The summed E-state index contributed by atoms with van der Waals surface area (Å²) < 4.78 is 3.95. The van der Waals surface area contributed by atoms with Crippen molar-refractivity contribution in [2.75, 3.05) is 78.5 Å². The van der Waals surface area contributed by atoms with Crippen molar-refractivity contribution in [1.29, 1.82) is 0 Å². The van der Waals surface area contributed by atoms with Gasteiger partial charge in [-0.3, -0.25) is 9.80 Å². The molecule has 0 spiro atoms. The molecular weight excluding hydrogens is 836 g/mol. The van der Waals surface area contributed by atoms with Gasteiger partial charge in [0.05, 0.1) is 36.9 Å². The van der Waals surface area contributed by atoms with Crippen molar-refractivity contribution in [1.82, 2.24) is 61.1 Å². The van der Waals surface area contributed by atoms with Crippen LogP contribution in [0.4, 0.5) is 0 Å². The van der Waals surface area contributed by atoms with Gasteiger partial charge in [-0.25, -0.2) is 9.36 Å². The van der Waals surface area contributed by atoms with Crippen LogP contribution in [0.15, 0.2) is 36.7 Å². The van der Waals surface area contributed by atoms with Crippen LogP contribution in [0.1, 0.15) is 61.0 Å². The number of benzene rings is 1. The van der Waals surface area contributed by atoms with Gasteiger partial charge < -0.3 is 21.3 Å². The van der Waals surface area contributed by atoms with Gasteiger partial charge in [-0.1, -0.05) is 34.7 Å². The van der Waals surface area contributed by atoms with E-state index in [1.165, 1.54) is 24.0 Å². The van der Waals surface area contributed by atoms with Crippen LogP contribution in [0, 0.1) is 0 Å². The van der Waals surface area contributed by atoms with Crippen LogP contribution in [0.5, 0.6) is 0 Å². The summed E-state index contributed by atoms with van der Waals surface area (Å²) in [6.07, 6.45) is 11.3. The first-order valence-electron chi connectivity index (χ1n) is 16.9. The van der Waals surface area contributed by atoms with E-state index in [1.807, 2.05) is 9.36 Å².